The number of hydrogen-bond donors (Lipinski definition) is 1. The second-order valence-electron chi connectivity index (χ2n) is 6.84. The quantitative estimate of drug-likeness (QED) is 0.857. The molecule has 2 aromatic rings. The van der Waals surface area contributed by atoms with Crippen LogP contribution in [0.2, 0.25) is 0 Å². The van der Waals surface area contributed by atoms with Gasteiger partial charge in [0.1, 0.15) is 12.1 Å². The molecular formula is C18H20N4O3S. The highest BCUT2D eigenvalue weighted by molar-refractivity contribution is 7.91. The predicted molar refractivity (Wildman–Crippen MR) is 98.4 cm³/mol. The van der Waals surface area contributed by atoms with Gasteiger partial charge in [0.2, 0.25) is 5.91 Å². The summed E-state index contributed by atoms with van der Waals surface area (Å²) >= 11 is 0. The third-order valence-corrected chi connectivity index (χ3v) is 6.65. The summed E-state index contributed by atoms with van der Waals surface area (Å²) in [4.78, 5) is 22.9. The van der Waals surface area contributed by atoms with Gasteiger partial charge in [0.25, 0.3) is 0 Å². The largest absolute Gasteiger partial charge is 0.355 e. The van der Waals surface area contributed by atoms with Gasteiger partial charge in [-0.25, -0.2) is 18.4 Å². The second kappa shape index (κ2) is 6.68. The van der Waals surface area contributed by atoms with Crippen LogP contribution in [0.3, 0.4) is 0 Å². The molecule has 2 saturated heterocycles. The lowest BCUT2D eigenvalue weighted by molar-refractivity contribution is -0.126. The molecule has 1 amide bonds. The van der Waals surface area contributed by atoms with Crippen molar-refractivity contribution in [3.63, 3.8) is 0 Å². The van der Waals surface area contributed by atoms with Crippen LogP contribution in [-0.4, -0.2) is 54.9 Å². The molecule has 0 unspecified atom stereocenters. The topological polar surface area (TPSA) is 92.3 Å². The minimum absolute atomic E-state index is 0.0571. The number of anilines is 1. The maximum absolute atomic E-state index is 12.3. The number of rotatable bonds is 4. The van der Waals surface area contributed by atoms with Crippen molar-refractivity contribution < 1.29 is 13.2 Å². The molecule has 26 heavy (non-hydrogen) atoms. The third kappa shape index (κ3) is 3.55. The molecule has 136 valence electrons. The van der Waals surface area contributed by atoms with Crippen LogP contribution in [0.1, 0.15) is 6.42 Å². The number of nitrogens with one attached hydrogen (secondary N) is 1. The second-order valence-corrected chi connectivity index (χ2v) is 9.07. The zero-order valence-electron chi connectivity index (χ0n) is 14.2. The molecule has 2 fully saturated rings. The van der Waals surface area contributed by atoms with Gasteiger partial charge < -0.3 is 10.2 Å². The zero-order valence-corrected chi connectivity index (χ0v) is 15.0. The van der Waals surface area contributed by atoms with Crippen LogP contribution in [0, 0.1) is 5.92 Å². The number of carbonyl (C=O) groups excluding carboxylic acids is 1. The van der Waals surface area contributed by atoms with Crippen LogP contribution in [0.25, 0.3) is 11.3 Å². The lowest BCUT2D eigenvalue weighted by Crippen LogP contribution is -2.55. The summed E-state index contributed by atoms with van der Waals surface area (Å²) in [5.74, 6) is 0.819. The van der Waals surface area contributed by atoms with Crippen LogP contribution < -0.4 is 10.2 Å². The van der Waals surface area contributed by atoms with Crippen molar-refractivity contribution >= 4 is 21.6 Å². The third-order valence-electron chi connectivity index (χ3n) is 4.88. The van der Waals surface area contributed by atoms with E-state index in [0.29, 0.717) is 19.5 Å². The number of carbonyl (C=O) groups is 1. The highest BCUT2D eigenvalue weighted by Crippen LogP contribution is 2.26. The Morgan fingerprint density at radius 2 is 1.92 bits per heavy atom. The van der Waals surface area contributed by atoms with Crippen molar-refractivity contribution in [3.8, 4) is 11.3 Å². The number of amides is 1. The van der Waals surface area contributed by atoms with E-state index < -0.39 is 9.84 Å². The van der Waals surface area contributed by atoms with Crippen LogP contribution in [0.5, 0.6) is 0 Å². The van der Waals surface area contributed by atoms with Gasteiger partial charge in [0.05, 0.1) is 23.1 Å². The van der Waals surface area contributed by atoms with Gasteiger partial charge in [-0.1, -0.05) is 30.3 Å². The maximum Gasteiger partial charge on any atom is 0.226 e. The summed E-state index contributed by atoms with van der Waals surface area (Å²) in [6.45, 7) is 1.16. The molecule has 7 nitrogen and oxygen atoms in total. The molecule has 0 spiro atoms. The first-order chi connectivity index (χ1) is 12.5. The first-order valence-corrected chi connectivity index (χ1v) is 10.5. The van der Waals surface area contributed by atoms with Gasteiger partial charge in [0.15, 0.2) is 9.84 Å². The van der Waals surface area contributed by atoms with Gasteiger partial charge in [-0.15, -0.1) is 0 Å². The summed E-state index contributed by atoms with van der Waals surface area (Å²) in [5, 5.41) is 2.87. The Hall–Kier alpha value is -2.48. The SMILES string of the molecule is O=C(N[C@@H]1CCS(=O)(=O)C1)C1CN(c2cc(-c3ccccc3)ncn2)C1. The fourth-order valence-electron chi connectivity index (χ4n) is 3.35. The van der Waals surface area contributed by atoms with Crippen molar-refractivity contribution in [1.82, 2.24) is 15.3 Å². The fourth-order valence-corrected chi connectivity index (χ4v) is 5.02. The lowest BCUT2D eigenvalue weighted by atomic mass is 9.98. The molecule has 1 aromatic heterocycles. The highest BCUT2D eigenvalue weighted by atomic mass is 32.2. The summed E-state index contributed by atoms with van der Waals surface area (Å²) in [6, 6.07) is 11.6. The van der Waals surface area contributed by atoms with Gasteiger partial charge in [-0.2, -0.15) is 0 Å². The molecule has 0 aliphatic carbocycles. The van der Waals surface area contributed by atoms with E-state index in [2.05, 4.69) is 15.3 Å². The zero-order chi connectivity index (χ0) is 18.1. The van der Waals surface area contributed by atoms with Crippen molar-refractivity contribution in [3.05, 3.63) is 42.7 Å². The normalized spacial score (nSPS) is 22.0. The van der Waals surface area contributed by atoms with Crippen molar-refractivity contribution in [2.75, 3.05) is 29.5 Å². The van der Waals surface area contributed by atoms with E-state index in [9.17, 15) is 13.2 Å². The predicted octanol–water partition coefficient (Wildman–Crippen LogP) is 0.883. The number of nitrogens with zero attached hydrogens (tertiary/aromatic N) is 3. The summed E-state index contributed by atoms with van der Waals surface area (Å²) in [6.07, 6.45) is 2.05. The Labute approximate surface area is 152 Å². The molecule has 0 saturated carbocycles. The van der Waals surface area contributed by atoms with E-state index in [4.69, 9.17) is 0 Å². The van der Waals surface area contributed by atoms with Crippen molar-refractivity contribution in [2.24, 2.45) is 5.92 Å². The van der Waals surface area contributed by atoms with E-state index >= 15 is 0 Å². The molecule has 0 bridgehead atoms. The lowest BCUT2D eigenvalue weighted by Gasteiger charge is -2.39. The molecule has 2 aliphatic heterocycles. The summed E-state index contributed by atoms with van der Waals surface area (Å²) < 4.78 is 23.0. The molecule has 0 radical (unpaired) electrons. The Kier molecular flexibility index (Phi) is 4.36. The molecule has 2 aliphatic rings. The van der Waals surface area contributed by atoms with Gasteiger partial charge in [0, 0.05) is 30.8 Å². The average Bonchev–Trinajstić information content (AvgIpc) is 2.93. The molecule has 1 N–H and O–H groups in total. The van der Waals surface area contributed by atoms with Crippen LogP contribution in [0.4, 0.5) is 5.82 Å². The fraction of sp³-hybridized carbons (Fsp3) is 0.389. The monoisotopic (exact) mass is 372 g/mol. The number of aromatic nitrogens is 2. The Balaban J connectivity index is 1.35. The van der Waals surface area contributed by atoms with Crippen LogP contribution in [0.15, 0.2) is 42.7 Å². The first kappa shape index (κ1) is 17.0. The van der Waals surface area contributed by atoms with E-state index in [-0.39, 0.29) is 29.4 Å². The van der Waals surface area contributed by atoms with Gasteiger partial charge in [-0.05, 0) is 6.42 Å². The van der Waals surface area contributed by atoms with Crippen molar-refractivity contribution in [2.45, 2.75) is 12.5 Å². The molecule has 4 rings (SSSR count). The van der Waals surface area contributed by atoms with Gasteiger partial charge in [-0.3, -0.25) is 4.79 Å². The van der Waals surface area contributed by atoms with E-state index in [1.165, 1.54) is 6.33 Å². The summed E-state index contributed by atoms with van der Waals surface area (Å²) in [5.41, 5.74) is 1.87. The number of hydrogen-bond acceptors (Lipinski definition) is 6. The molecule has 1 aromatic carbocycles. The maximum atomic E-state index is 12.3. The van der Waals surface area contributed by atoms with E-state index in [1.807, 2.05) is 41.3 Å². The van der Waals surface area contributed by atoms with Crippen molar-refractivity contribution in [1.29, 1.82) is 0 Å². The Morgan fingerprint density at radius 1 is 1.15 bits per heavy atom. The van der Waals surface area contributed by atoms with E-state index in [0.717, 1.165) is 17.1 Å². The molecule has 3 heterocycles. The Bertz CT molecular complexity index is 911. The van der Waals surface area contributed by atoms with Crippen LogP contribution in [-0.2, 0) is 14.6 Å². The highest BCUT2D eigenvalue weighted by Gasteiger charge is 2.36. The van der Waals surface area contributed by atoms with E-state index in [1.54, 1.807) is 0 Å². The number of sulfone groups is 1. The first-order valence-electron chi connectivity index (χ1n) is 8.63. The molecular weight excluding hydrogens is 352 g/mol. The average molecular weight is 372 g/mol. The number of benzene rings is 1. The van der Waals surface area contributed by atoms with Gasteiger partial charge >= 0.3 is 0 Å². The molecule has 8 heteroatoms. The Morgan fingerprint density at radius 3 is 2.62 bits per heavy atom. The standard InChI is InChI=1S/C18H20N4O3S/c23-18(21-15-6-7-26(24,25)11-15)14-9-22(10-14)17-8-16(19-12-20-17)13-4-2-1-3-5-13/h1-5,8,12,14-15H,6-7,9-11H2,(H,21,23)/t15-/m1/s1. The summed E-state index contributed by atoms with van der Waals surface area (Å²) in [7, 11) is -2.98. The molecule has 1 atom stereocenters. The minimum atomic E-state index is -2.98. The minimum Gasteiger partial charge on any atom is -0.355 e. The smallest absolute Gasteiger partial charge is 0.226 e. The van der Waals surface area contributed by atoms with Crippen LogP contribution >= 0.6 is 0 Å².